The van der Waals surface area contributed by atoms with Crippen LogP contribution in [0.15, 0.2) is 12.4 Å². The fourth-order valence-corrected chi connectivity index (χ4v) is 6.84. The highest BCUT2D eigenvalue weighted by atomic mass is 19.1. The van der Waals surface area contributed by atoms with E-state index >= 15 is 4.39 Å². The minimum absolute atomic E-state index is 0.0765. The van der Waals surface area contributed by atoms with Crippen LogP contribution in [0.3, 0.4) is 0 Å². The molecule has 5 unspecified atom stereocenters. The summed E-state index contributed by atoms with van der Waals surface area (Å²) in [4.78, 5) is 36.9. The second kappa shape index (κ2) is 10.6. The summed E-state index contributed by atoms with van der Waals surface area (Å²) in [5.41, 5.74) is 9.66. The summed E-state index contributed by atoms with van der Waals surface area (Å²) in [6.07, 6.45) is 3.95. The number of piperazine rings is 1. The number of halogens is 2. The molecule has 5 N–H and O–H groups in total. The average molecular weight is 534 g/mol. The molecule has 1 aromatic heterocycles. The molecule has 5 saturated heterocycles. The van der Waals surface area contributed by atoms with E-state index in [-0.39, 0.29) is 36.3 Å². The molecule has 0 saturated carbocycles. The predicted octanol–water partition coefficient (Wildman–Crippen LogP) is -0.329. The SMILES string of the molecule is NC1NN2CC(F)CNC2C1C(=O)Nc1cncc(F)c1N1CCC(C(=O)N2CCN3CCCC3C2)CC1. The van der Waals surface area contributed by atoms with Crippen molar-refractivity contribution in [2.24, 2.45) is 17.6 Å². The van der Waals surface area contributed by atoms with Crippen molar-refractivity contribution in [2.75, 3.05) is 62.6 Å². The van der Waals surface area contributed by atoms with Gasteiger partial charge in [-0.15, -0.1) is 0 Å². The van der Waals surface area contributed by atoms with Crippen molar-refractivity contribution >= 4 is 23.2 Å². The highest BCUT2D eigenvalue weighted by Gasteiger charge is 2.47. The van der Waals surface area contributed by atoms with E-state index in [9.17, 15) is 14.0 Å². The van der Waals surface area contributed by atoms with Gasteiger partial charge in [0.25, 0.3) is 0 Å². The van der Waals surface area contributed by atoms with Crippen molar-refractivity contribution in [3.8, 4) is 0 Å². The molecule has 0 spiro atoms. The van der Waals surface area contributed by atoms with Crippen molar-refractivity contribution in [1.82, 2.24) is 30.5 Å². The van der Waals surface area contributed by atoms with Crippen LogP contribution in [0.5, 0.6) is 0 Å². The van der Waals surface area contributed by atoms with Gasteiger partial charge in [0, 0.05) is 57.8 Å². The van der Waals surface area contributed by atoms with Crippen molar-refractivity contribution in [1.29, 1.82) is 0 Å². The molecule has 0 radical (unpaired) electrons. The van der Waals surface area contributed by atoms with E-state index in [0.717, 1.165) is 38.8 Å². The fraction of sp³-hybridized carbons (Fsp3) is 0.720. The second-order valence-corrected chi connectivity index (χ2v) is 11.2. The molecule has 6 heterocycles. The van der Waals surface area contributed by atoms with Crippen LogP contribution >= 0.6 is 0 Å². The van der Waals surface area contributed by atoms with Gasteiger partial charge in [-0.1, -0.05) is 0 Å². The van der Waals surface area contributed by atoms with Gasteiger partial charge in [0.1, 0.15) is 11.9 Å². The zero-order chi connectivity index (χ0) is 26.4. The number of carbonyl (C=O) groups excluding carboxylic acids is 2. The Bertz CT molecular complexity index is 1060. The van der Waals surface area contributed by atoms with Crippen molar-refractivity contribution < 1.29 is 18.4 Å². The van der Waals surface area contributed by atoms with Crippen LogP contribution in [0.4, 0.5) is 20.2 Å². The molecule has 5 atom stereocenters. The first kappa shape index (κ1) is 25.8. The first-order valence-electron chi connectivity index (χ1n) is 13.8. The summed E-state index contributed by atoms with van der Waals surface area (Å²) in [6, 6.07) is 0.488. The largest absolute Gasteiger partial charge is 0.367 e. The Morgan fingerprint density at radius 3 is 2.71 bits per heavy atom. The van der Waals surface area contributed by atoms with Gasteiger partial charge in [-0.3, -0.25) is 24.8 Å². The number of rotatable bonds is 4. The van der Waals surface area contributed by atoms with Crippen LogP contribution in [0.2, 0.25) is 0 Å². The monoisotopic (exact) mass is 533 g/mol. The lowest BCUT2D eigenvalue weighted by Crippen LogP contribution is -2.58. The summed E-state index contributed by atoms with van der Waals surface area (Å²) in [7, 11) is 0. The molecule has 2 amide bonds. The van der Waals surface area contributed by atoms with Crippen molar-refractivity contribution in [3.05, 3.63) is 18.2 Å². The lowest BCUT2D eigenvalue weighted by molar-refractivity contribution is -0.138. The third kappa shape index (κ3) is 4.86. The summed E-state index contributed by atoms with van der Waals surface area (Å²) in [5, 5.41) is 7.47. The minimum Gasteiger partial charge on any atom is -0.367 e. The minimum atomic E-state index is -1.06. The van der Waals surface area contributed by atoms with Crippen LogP contribution in [0.25, 0.3) is 0 Å². The van der Waals surface area contributed by atoms with Gasteiger partial charge in [-0.2, -0.15) is 0 Å². The molecular weight excluding hydrogens is 496 g/mol. The molecule has 38 heavy (non-hydrogen) atoms. The third-order valence-corrected chi connectivity index (χ3v) is 8.81. The van der Waals surface area contributed by atoms with Gasteiger partial charge in [-0.05, 0) is 32.2 Å². The topological polar surface area (TPSA) is 122 Å². The number of alkyl halides is 1. The van der Waals surface area contributed by atoms with E-state index in [2.05, 4.69) is 25.9 Å². The Kier molecular flexibility index (Phi) is 7.20. The highest BCUT2D eigenvalue weighted by Crippen LogP contribution is 2.34. The number of pyridine rings is 1. The molecule has 0 aromatic carbocycles. The number of nitrogens with two attached hydrogens (primary N) is 1. The number of aromatic nitrogens is 1. The molecule has 5 aliphatic rings. The fourth-order valence-electron chi connectivity index (χ4n) is 6.84. The second-order valence-electron chi connectivity index (χ2n) is 11.2. The Morgan fingerprint density at radius 2 is 1.89 bits per heavy atom. The van der Waals surface area contributed by atoms with Crippen molar-refractivity contribution in [2.45, 2.75) is 50.2 Å². The van der Waals surface area contributed by atoms with Gasteiger partial charge in [0.2, 0.25) is 11.8 Å². The van der Waals surface area contributed by atoms with Crippen molar-refractivity contribution in [3.63, 3.8) is 0 Å². The van der Waals surface area contributed by atoms with E-state index < -0.39 is 36.1 Å². The number of carbonyl (C=O) groups is 2. The van der Waals surface area contributed by atoms with Gasteiger partial charge in [-0.25, -0.2) is 19.2 Å². The maximum atomic E-state index is 15.1. The number of hydrogen-bond donors (Lipinski definition) is 4. The van der Waals surface area contributed by atoms with Crippen LogP contribution < -0.4 is 26.7 Å². The number of amides is 2. The number of fused-ring (bicyclic) bond motifs is 2. The maximum absolute atomic E-state index is 15.1. The molecule has 13 heteroatoms. The number of piperidine rings is 1. The zero-order valence-corrected chi connectivity index (χ0v) is 21.5. The molecule has 1 aromatic rings. The number of nitrogens with zero attached hydrogens (tertiary/aromatic N) is 5. The van der Waals surface area contributed by atoms with Gasteiger partial charge >= 0.3 is 0 Å². The molecule has 0 aliphatic carbocycles. The van der Waals surface area contributed by atoms with E-state index in [4.69, 9.17) is 5.73 Å². The first-order valence-corrected chi connectivity index (χ1v) is 13.8. The van der Waals surface area contributed by atoms with E-state index in [0.29, 0.717) is 32.0 Å². The summed E-state index contributed by atoms with van der Waals surface area (Å²) < 4.78 is 28.9. The molecule has 208 valence electrons. The summed E-state index contributed by atoms with van der Waals surface area (Å²) in [6.45, 7) is 4.95. The van der Waals surface area contributed by atoms with Crippen LogP contribution in [0, 0.1) is 17.7 Å². The lowest BCUT2D eigenvalue weighted by atomic mass is 9.94. The van der Waals surface area contributed by atoms with Crippen LogP contribution in [0.1, 0.15) is 25.7 Å². The quantitative estimate of drug-likeness (QED) is 0.412. The Labute approximate surface area is 221 Å². The Hall–Kier alpha value is -2.45. The predicted molar refractivity (Wildman–Crippen MR) is 137 cm³/mol. The average Bonchev–Trinajstić information content (AvgIpc) is 3.51. The van der Waals surface area contributed by atoms with E-state index in [1.165, 1.54) is 12.6 Å². The van der Waals surface area contributed by atoms with Crippen LogP contribution in [-0.2, 0) is 9.59 Å². The molecule has 5 fully saturated rings. The van der Waals surface area contributed by atoms with Gasteiger partial charge in [0.05, 0.1) is 36.3 Å². The maximum Gasteiger partial charge on any atom is 0.233 e. The smallest absolute Gasteiger partial charge is 0.233 e. The summed E-state index contributed by atoms with van der Waals surface area (Å²) in [5.74, 6) is -1.50. The molecule has 0 bridgehead atoms. The highest BCUT2D eigenvalue weighted by molar-refractivity contribution is 5.96. The molecular formula is C25H37F2N9O2. The number of hydrogen-bond acceptors (Lipinski definition) is 9. The Morgan fingerprint density at radius 1 is 1.08 bits per heavy atom. The first-order chi connectivity index (χ1) is 18.4. The van der Waals surface area contributed by atoms with Gasteiger partial charge in [0.15, 0.2) is 5.82 Å². The van der Waals surface area contributed by atoms with E-state index in [1.807, 2.05) is 9.80 Å². The number of nitrogens with one attached hydrogen (secondary N) is 3. The molecule has 5 aliphatic heterocycles. The standard InChI is InChI=1S/C25H37F2N9O2/c26-16-10-30-23-20(22(28)32-36(23)13-16)24(37)31-19-12-29-11-18(27)21(19)34-6-3-15(4-7-34)25(38)35-9-8-33-5-1-2-17(33)14-35/h11-12,15-17,20,22-23,30,32H,1-10,13-14,28H2,(H,31,37). The van der Waals surface area contributed by atoms with Crippen LogP contribution in [-0.4, -0.2) is 109 Å². The lowest BCUT2D eigenvalue weighted by Gasteiger charge is -2.41. The zero-order valence-electron chi connectivity index (χ0n) is 21.5. The van der Waals surface area contributed by atoms with Gasteiger partial charge < -0.3 is 20.9 Å². The molecule has 6 rings (SSSR count). The number of anilines is 2. The van der Waals surface area contributed by atoms with E-state index in [1.54, 1.807) is 5.01 Å². The third-order valence-electron chi connectivity index (χ3n) is 8.81. The molecule has 11 nitrogen and oxygen atoms in total. The normalized spacial score (nSPS) is 32.8. The Balaban J connectivity index is 1.10. The summed E-state index contributed by atoms with van der Waals surface area (Å²) >= 11 is 0. The number of hydrazine groups is 1.